The van der Waals surface area contributed by atoms with Gasteiger partial charge in [-0.3, -0.25) is 0 Å². The SMILES string of the molecule is COc1cc(C2=CC3CCCC(C2)S3(=O)=O)c(Cl)cn1. The highest BCUT2D eigenvalue weighted by Crippen LogP contribution is 2.41. The van der Waals surface area contributed by atoms with Crippen molar-refractivity contribution in [1.29, 1.82) is 0 Å². The highest BCUT2D eigenvalue weighted by Gasteiger charge is 2.40. The summed E-state index contributed by atoms with van der Waals surface area (Å²) in [5, 5.41) is -0.0916. The van der Waals surface area contributed by atoms with Crippen LogP contribution in [0.3, 0.4) is 0 Å². The van der Waals surface area contributed by atoms with Gasteiger partial charge in [-0.05, 0) is 24.8 Å². The van der Waals surface area contributed by atoms with Crippen molar-refractivity contribution in [3.8, 4) is 5.88 Å². The third-order valence-electron chi connectivity index (χ3n) is 4.12. The largest absolute Gasteiger partial charge is 0.481 e. The van der Waals surface area contributed by atoms with E-state index in [1.54, 1.807) is 19.4 Å². The molecule has 1 aromatic rings. The van der Waals surface area contributed by atoms with Crippen LogP contribution in [-0.4, -0.2) is 31.0 Å². The molecule has 0 aliphatic carbocycles. The quantitative estimate of drug-likeness (QED) is 0.842. The van der Waals surface area contributed by atoms with Gasteiger partial charge in [-0.15, -0.1) is 0 Å². The number of methoxy groups -OCH3 is 1. The summed E-state index contributed by atoms with van der Waals surface area (Å²) >= 11 is 6.21. The Morgan fingerprint density at radius 3 is 2.90 bits per heavy atom. The Morgan fingerprint density at radius 2 is 2.20 bits per heavy atom. The predicted octanol–water partition coefficient (Wildman–Crippen LogP) is 2.87. The lowest BCUT2D eigenvalue weighted by Gasteiger charge is -2.33. The molecule has 0 aromatic carbocycles. The molecule has 1 fully saturated rings. The smallest absolute Gasteiger partial charge is 0.213 e. The van der Waals surface area contributed by atoms with Crippen LogP contribution in [0.25, 0.3) is 5.57 Å². The number of ether oxygens (including phenoxy) is 1. The van der Waals surface area contributed by atoms with Crippen LogP contribution in [0.15, 0.2) is 18.3 Å². The molecule has 6 heteroatoms. The third-order valence-corrected chi connectivity index (χ3v) is 6.97. The van der Waals surface area contributed by atoms with Crippen LogP contribution in [0.4, 0.5) is 0 Å². The second-order valence-electron chi connectivity index (χ2n) is 5.28. The van der Waals surface area contributed by atoms with E-state index in [1.165, 1.54) is 0 Å². The average Bonchev–Trinajstić information content (AvgIpc) is 2.38. The number of fused-ring (bicyclic) bond motifs is 2. The second kappa shape index (κ2) is 5.04. The summed E-state index contributed by atoms with van der Waals surface area (Å²) in [6, 6.07) is 1.78. The summed E-state index contributed by atoms with van der Waals surface area (Å²) in [7, 11) is -1.45. The Morgan fingerprint density at radius 1 is 1.40 bits per heavy atom. The van der Waals surface area contributed by atoms with Gasteiger partial charge in [0.05, 0.1) is 28.8 Å². The Hall–Kier alpha value is -1.07. The Bertz CT molecular complexity index is 669. The van der Waals surface area contributed by atoms with Gasteiger partial charge in [-0.25, -0.2) is 13.4 Å². The minimum absolute atomic E-state index is 0.267. The summed E-state index contributed by atoms with van der Waals surface area (Å²) in [6.07, 6.45) is 6.39. The molecule has 0 N–H and O–H groups in total. The molecule has 2 atom stereocenters. The van der Waals surface area contributed by atoms with Crippen LogP contribution >= 0.6 is 11.6 Å². The topological polar surface area (TPSA) is 56.3 Å². The molecule has 2 aliphatic heterocycles. The lowest BCUT2D eigenvalue weighted by molar-refractivity contribution is 0.397. The van der Waals surface area contributed by atoms with Gasteiger partial charge in [0.2, 0.25) is 5.88 Å². The van der Waals surface area contributed by atoms with Crippen LogP contribution in [0.5, 0.6) is 5.88 Å². The van der Waals surface area contributed by atoms with Crippen LogP contribution in [0.1, 0.15) is 31.2 Å². The Balaban J connectivity index is 2.06. The minimum Gasteiger partial charge on any atom is -0.481 e. The molecule has 1 aromatic heterocycles. The first-order valence-electron chi connectivity index (χ1n) is 6.65. The Kier molecular flexibility index (Phi) is 3.50. The molecule has 0 amide bonds. The molecule has 1 saturated heterocycles. The first-order chi connectivity index (χ1) is 9.52. The maximum Gasteiger partial charge on any atom is 0.213 e. The molecular weight excluding hydrogens is 298 g/mol. The van der Waals surface area contributed by atoms with Crippen molar-refractivity contribution >= 4 is 27.0 Å². The highest BCUT2D eigenvalue weighted by atomic mass is 35.5. The zero-order chi connectivity index (χ0) is 14.3. The molecule has 3 heterocycles. The molecule has 2 unspecified atom stereocenters. The van der Waals surface area contributed by atoms with E-state index in [1.807, 2.05) is 6.08 Å². The van der Waals surface area contributed by atoms with Crippen molar-refractivity contribution in [3.05, 3.63) is 28.9 Å². The van der Waals surface area contributed by atoms with Crippen molar-refractivity contribution in [2.24, 2.45) is 0 Å². The molecule has 2 aliphatic rings. The first-order valence-corrected chi connectivity index (χ1v) is 8.64. The van der Waals surface area contributed by atoms with E-state index >= 15 is 0 Å². The summed E-state index contributed by atoms with van der Waals surface area (Å²) in [6.45, 7) is 0. The average molecular weight is 314 g/mol. The highest BCUT2D eigenvalue weighted by molar-refractivity contribution is 7.93. The normalized spacial score (nSPS) is 27.8. The van der Waals surface area contributed by atoms with Gasteiger partial charge in [-0.1, -0.05) is 24.1 Å². The van der Waals surface area contributed by atoms with Crippen molar-refractivity contribution < 1.29 is 13.2 Å². The van der Waals surface area contributed by atoms with Gasteiger partial charge < -0.3 is 4.74 Å². The fourth-order valence-corrected chi connectivity index (χ4v) is 5.51. The lowest BCUT2D eigenvalue weighted by Crippen LogP contribution is -2.38. The van der Waals surface area contributed by atoms with Crippen molar-refractivity contribution in [2.45, 2.75) is 36.2 Å². The molecule has 4 nitrogen and oxygen atoms in total. The zero-order valence-corrected chi connectivity index (χ0v) is 12.7. The van der Waals surface area contributed by atoms with Gasteiger partial charge in [0.1, 0.15) is 0 Å². The van der Waals surface area contributed by atoms with E-state index in [9.17, 15) is 8.42 Å². The summed E-state index contributed by atoms with van der Waals surface area (Å²) in [5.41, 5.74) is 1.84. The second-order valence-corrected chi connectivity index (χ2v) is 8.14. The van der Waals surface area contributed by atoms with Crippen LogP contribution < -0.4 is 4.74 Å². The standard InChI is InChI=1S/C14H16ClNO3S/c1-19-14-7-12(13(15)8-16-14)9-5-10-3-2-4-11(6-9)20(10,17)18/h5,7-8,10-11H,2-4,6H2,1H3. The summed E-state index contributed by atoms with van der Waals surface area (Å²) in [4.78, 5) is 4.05. The number of aromatic nitrogens is 1. The maximum absolute atomic E-state index is 12.3. The molecule has 0 saturated carbocycles. The van der Waals surface area contributed by atoms with Crippen LogP contribution in [0, 0.1) is 0 Å². The summed E-state index contributed by atoms with van der Waals surface area (Å²) < 4.78 is 29.7. The number of sulfone groups is 1. The van der Waals surface area contributed by atoms with Crippen molar-refractivity contribution in [3.63, 3.8) is 0 Å². The van der Waals surface area contributed by atoms with E-state index in [0.717, 1.165) is 24.0 Å². The van der Waals surface area contributed by atoms with E-state index in [4.69, 9.17) is 16.3 Å². The Labute approximate surface area is 123 Å². The molecule has 108 valence electrons. The fourth-order valence-electron chi connectivity index (χ4n) is 3.03. The molecule has 2 bridgehead atoms. The first kappa shape index (κ1) is 13.9. The van der Waals surface area contributed by atoms with Gasteiger partial charge in [0.15, 0.2) is 9.84 Å². The van der Waals surface area contributed by atoms with E-state index in [-0.39, 0.29) is 10.5 Å². The van der Waals surface area contributed by atoms with Crippen LogP contribution in [-0.2, 0) is 9.84 Å². The number of allylic oxidation sites excluding steroid dienone is 1. The molecule has 0 radical (unpaired) electrons. The fraction of sp³-hybridized carbons (Fsp3) is 0.500. The van der Waals surface area contributed by atoms with Crippen molar-refractivity contribution in [1.82, 2.24) is 4.98 Å². The van der Waals surface area contributed by atoms with Gasteiger partial charge >= 0.3 is 0 Å². The number of pyridine rings is 1. The summed E-state index contributed by atoms with van der Waals surface area (Å²) in [5.74, 6) is 0.490. The van der Waals surface area contributed by atoms with Gasteiger partial charge in [-0.2, -0.15) is 0 Å². The minimum atomic E-state index is -3.00. The van der Waals surface area contributed by atoms with E-state index in [0.29, 0.717) is 23.7 Å². The van der Waals surface area contributed by atoms with Gasteiger partial charge in [0.25, 0.3) is 0 Å². The maximum atomic E-state index is 12.3. The predicted molar refractivity (Wildman–Crippen MR) is 78.7 cm³/mol. The third kappa shape index (κ3) is 2.23. The number of nitrogens with zero attached hydrogens (tertiary/aromatic N) is 1. The molecular formula is C14H16ClNO3S. The molecule has 0 spiro atoms. The zero-order valence-electron chi connectivity index (χ0n) is 11.2. The molecule has 3 rings (SSSR count). The molecule has 20 heavy (non-hydrogen) atoms. The van der Waals surface area contributed by atoms with Gasteiger partial charge in [0, 0.05) is 11.6 Å². The monoisotopic (exact) mass is 313 g/mol. The number of hydrogen-bond donors (Lipinski definition) is 0. The lowest BCUT2D eigenvalue weighted by atomic mass is 9.94. The number of halogens is 1. The van der Waals surface area contributed by atoms with Crippen LogP contribution in [0.2, 0.25) is 5.02 Å². The number of rotatable bonds is 2. The van der Waals surface area contributed by atoms with E-state index < -0.39 is 9.84 Å². The number of hydrogen-bond acceptors (Lipinski definition) is 4. The van der Waals surface area contributed by atoms with Crippen molar-refractivity contribution in [2.75, 3.05) is 7.11 Å². The van der Waals surface area contributed by atoms with E-state index in [2.05, 4.69) is 4.98 Å².